The Morgan fingerprint density at radius 3 is 2.62 bits per heavy atom. The van der Waals surface area contributed by atoms with E-state index >= 15 is 0 Å². The average molecular weight is 232 g/mol. The summed E-state index contributed by atoms with van der Waals surface area (Å²) in [7, 11) is 3.31. The van der Waals surface area contributed by atoms with Gasteiger partial charge in [0.15, 0.2) is 0 Å². The predicted octanol–water partition coefficient (Wildman–Crippen LogP) is 0.529. The summed E-state index contributed by atoms with van der Waals surface area (Å²) in [5, 5.41) is 11.0. The number of ether oxygens (including phenoxy) is 1. The van der Waals surface area contributed by atoms with E-state index in [0.29, 0.717) is 26.1 Å². The van der Waals surface area contributed by atoms with E-state index in [1.54, 1.807) is 19.1 Å². The van der Waals surface area contributed by atoms with Gasteiger partial charge in [-0.25, -0.2) is 4.79 Å². The van der Waals surface area contributed by atoms with Gasteiger partial charge < -0.3 is 20.1 Å². The van der Waals surface area contributed by atoms with Gasteiger partial charge in [0.25, 0.3) is 0 Å². The molecule has 0 aliphatic heterocycles. The van der Waals surface area contributed by atoms with E-state index in [9.17, 15) is 9.59 Å². The number of nitrogens with zero attached hydrogens (tertiary/aromatic N) is 1. The molecule has 0 heterocycles. The Morgan fingerprint density at radius 1 is 1.38 bits per heavy atom. The highest BCUT2D eigenvalue weighted by molar-refractivity contribution is 5.73. The Balaban J connectivity index is 3.51. The van der Waals surface area contributed by atoms with Crippen LogP contribution in [0.15, 0.2) is 0 Å². The summed E-state index contributed by atoms with van der Waals surface area (Å²) < 4.78 is 4.87. The number of amides is 2. The van der Waals surface area contributed by atoms with Crippen molar-refractivity contribution in [3.05, 3.63) is 0 Å². The van der Waals surface area contributed by atoms with E-state index in [0.717, 1.165) is 6.42 Å². The van der Waals surface area contributed by atoms with Gasteiger partial charge in [-0.1, -0.05) is 0 Å². The van der Waals surface area contributed by atoms with Crippen molar-refractivity contribution in [3.63, 3.8) is 0 Å². The van der Waals surface area contributed by atoms with Crippen molar-refractivity contribution in [2.24, 2.45) is 0 Å². The van der Waals surface area contributed by atoms with Gasteiger partial charge in [-0.15, -0.1) is 0 Å². The van der Waals surface area contributed by atoms with Crippen LogP contribution in [0, 0.1) is 0 Å². The second-order valence-corrected chi connectivity index (χ2v) is 3.50. The van der Waals surface area contributed by atoms with Crippen LogP contribution in [-0.4, -0.2) is 55.9 Å². The number of rotatable bonds is 8. The first-order chi connectivity index (χ1) is 7.57. The average Bonchev–Trinajstić information content (AvgIpc) is 2.24. The fraction of sp³-hybridized carbons (Fsp3) is 0.800. The fourth-order valence-electron chi connectivity index (χ4n) is 1.12. The van der Waals surface area contributed by atoms with Crippen molar-refractivity contribution < 1.29 is 19.4 Å². The zero-order chi connectivity index (χ0) is 12.4. The molecule has 2 amide bonds. The first kappa shape index (κ1) is 14.7. The summed E-state index contributed by atoms with van der Waals surface area (Å²) in [6.07, 6.45) is 1.32. The third-order valence-corrected chi connectivity index (χ3v) is 2.03. The van der Waals surface area contributed by atoms with E-state index in [-0.39, 0.29) is 12.5 Å². The minimum atomic E-state index is -0.845. The highest BCUT2D eigenvalue weighted by Crippen LogP contribution is 1.91. The van der Waals surface area contributed by atoms with Crippen LogP contribution in [0.1, 0.15) is 19.3 Å². The molecule has 0 rings (SSSR count). The van der Waals surface area contributed by atoms with Crippen molar-refractivity contribution in [3.8, 4) is 0 Å². The molecular weight excluding hydrogens is 212 g/mol. The Bertz CT molecular complexity index is 221. The van der Waals surface area contributed by atoms with Crippen LogP contribution >= 0.6 is 0 Å². The molecule has 2 N–H and O–H groups in total. The molecule has 0 atom stereocenters. The normalized spacial score (nSPS) is 9.88. The molecule has 0 fully saturated rings. The topological polar surface area (TPSA) is 78.9 Å². The maximum Gasteiger partial charge on any atom is 0.317 e. The quantitative estimate of drug-likeness (QED) is 0.598. The SMILES string of the molecule is COCCCN(C)C(=O)NCCCC(=O)O. The molecule has 0 saturated carbocycles. The number of urea groups is 1. The predicted molar refractivity (Wildman–Crippen MR) is 59.4 cm³/mol. The van der Waals surface area contributed by atoms with E-state index in [1.807, 2.05) is 0 Å². The minimum absolute atomic E-state index is 0.0771. The van der Waals surface area contributed by atoms with E-state index in [1.165, 1.54) is 0 Å². The molecule has 0 aromatic carbocycles. The number of carbonyl (C=O) groups is 2. The van der Waals surface area contributed by atoms with Crippen molar-refractivity contribution in [1.29, 1.82) is 0 Å². The molecule has 0 aliphatic carbocycles. The highest BCUT2D eigenvalue weighted by atomic mass is 16.5. The molecule has 0 saturated heterocycles. The summed E-state index contributed by atoms with van der Waals surface area (Å²) >= 11 is 0. The van der Waals surface area contributed by atoms with Gasteiger partial charge in [-0.3, -0.25) is 4.79 Å². The second-order valence-electron chi connectivity index (χ2n) is 3.50. The van der Waals surface area contributed by atoms with E-state index in [2.05, 4.69) is 5.32 Å². The lowest BCUT2D eigenvalue weighted by molar-refractivity contribution is -0.137. The monoisotopic (exact) mass is 232 g/mol. The maximum atomic E-state index is 11.4. The van der Waals surface area contributed by atoms with Crippen molar-refractivity contribution in [2.75, 3.05) is 33.9 Å². The summed E-state index contributed by atoms with van der Waals surface area (Å²) in [5.41, 5.74) is 0. The van der Waals surface area contributed by atoms with Gasteiger partial charge in [0.1, 0.15) is 0 Å². The lowest BCUT2D eigenvalue weighted by atomic mass is 10.3. The Kier molecular flexibility index (Phi) is 8.24. The molecule has 0 bridgehead atoms. The fourth-order valence-corrected chi connectivity index (χ4v) is 1.12. The smallest absolute Gasteiger partial charge is 0.317 e. The van der Waals surface area contributed by atoms with Gasteiger partial charge >= 0.3 is 12.0 Å². The standard InChI is InChI=1S/C10H20N2O4/c1-12(7-4-8-16-2)10(15)11-6-3-5-9(13)14/h3-8H2,1-2H3,(H,11,15)(H,13,14). The number of nitrogens with one attached hydrogen (secondary N) is 1. The van der Waals surface area contributed by atoms with Crippen LogP contribution in [0.25, 0.3) is 0 Å². The van der Waals surface area contributed by atoms with Crippen molar-refractivity contribution >= 4 is 12.0 Å². The molecule has 6 nitrogen and oxygen atoms in total. The van der Waals surface area contributed by atoms with Crippen LogP contribution in [0.3, 0.4) is 0 Å². The molecular formula is C10H20N2O4. The van der Waals surface area contributed by atoms with Crippen LogP contribution in [-0.2, 0) is 9.53 Å². The molecule has 0 aromatic rings. The number of carboxylic acids is 1. The van der Waals surface area contributed by atoms with Gasteiger partial charge in [0, 0.05) is 40.3 Å². The zero-order valence-corrected chi connectivity index (χ0v) is 9.86. The number of aliphatic carboxylic acids is 1. The van der Waals surface area contributed by atoms with Crippen molar-refractivity contribution in [1.82, 2.24) is 10.2 Å². The van der Waals surface area contributed by atoms with Gasteiger partial charge in [0.2, 0.25) is 0 Å². The minimum Gasteiger partial charge on any atom is -0.481 e. The molecule has 0 aromatic heterocycles. The van der Waals surface area contributed by atoms with Gasteiger partial charge in [-0.05, 0) is 12.8 Å². The van der Waals surface area contributed by atoms with Crippen molar-refractivity contribution in [2.45, 2.75) is 19.3 Å². The number of hydrogen-bond acceptors (Lipinski definition) is 3. The van der Waals surface area contributed by atoms with Crippen LogP contribution in [0.2, 0.25) is 0 Å². The number of carbonyl (C=O) groups excluding carboxylic acids is 1. The van der Waals surface area contributed by atoms with E-state index < -0.39 is 5.97 Å². The van der Waals surface area contributed by atoms with Crippen LogP contribution in [0.5, 0.6) is 0 Å². The largest absolute Gasteiger partial charge is 0.481 e. The Labute approximate surface area is 95.6 Å². The third-order valence-electron chi connectivity index (χ3n) is 2.03. The van der Waals surface area contributed by atoms with Crippen LogP contribution < -0.4 is 5.32 Å². The molecule has 16 heavy (non-hydrogen) atoms. The lowest BCUT2D eigenvalue weighted by Crippen LogP contribution is -2.38. The Morgan fingerprint density at radius 2 is 2.06 bits per heavy atom. The first-order valence-electron chi connectivity index (χ1n) is 5.27. The number of hydrogen-bond donors (Lipinski definition) is 2. The number of carboxylic acid groups (broad SMARTS) is 1. The molecule has 0 aliphatic rings. The second kappa shape index (κ2) is 8.96. The maximum absolute atomic E-state index is 11.4. The van der Waals surface area contributed by atoms with Crippen LogP contribution in [0.4, 0.5) is 4.79 Å². The number of methoxy groups -OCH3 is 1. The Hall–Kier alpha value is -1.30. The summed E-state index contributed by atoms with van der Waals surface area (Å²) in [5.74, 6) is -0.845. The van der Waals surface area contributed by atoms with E-state index in [4.69, 9.17) is 9.84 Å². The molecule has 0 radical (unpaired) electrons. The van der Waals surface area contributed by atoms with Gasteiger partial charge in [-0.2, -0.15) is 0 Å². The third kappa shape index (κ3) is 8.05. The highest BCUT2D eigenvalue weighted by Gasteiger charge is 2.06. The molecule has 0 spiro atoms. The first-order valence-corrected chi connectivity index (χ1v) is 5.27. The lowest BCUT2D eigenvalue weighted by Gasteiger charge is -2.17. The zero-order valence-electron chi connectivity index (χ0n) is 9.86. The summed E-state index contributed by atoms with van der Waals surface area (Å²) in [6, 6.07) is -0.179. The molecule has 0 unspecified atom stereocenters. The molecule has 94 valence electrons. The van der Waals surface area contributed by atoms with Gasteiger partial charge in [0.05, 0.1) is 0 Å². The molecule has 6 heteroatoms. The summed E-state index contributed by atoms with van der Waals surface area (Å²) in [6.45, 7) is 1.63. The summed E-state index contributed by atoms with van der Waals surface area (Å²) in [4.78, 5) is 23.2.